The maximum absolute atomic E-state index is 13.6. The first-order valence-electron chi connectivity index (χ1n) is 12.2. The molecule has 2 fully saturated rings. The van der Waals surface area contributed by atoms with Crippen molar-refractivity contribution in [1.29, 1.82) is 0 Å². The summed E-state index contributed by atoms with van der Waals surface area (Å²) in [6, 6.07) is 10.2. The van der Waals surface area contributed by atoms with Gasteiger partial charge in [-0.1, -0.05) is 12.8 Å². The second-order valence-electron chi connectivity index (χ2n) is 9.88. The lowest BCUT2D eigenvalue weighted by Gasteiger charge is -2.27. The molecule has 1 N–H and O–H groups in total. The second kappa shape index (κ2) is 8.52. The molecule has 2 aliphatic carbocycles. The first-order valence-corrected chi connectivity index (χ1v) is 14.1. The van der Waals surface area contributed by atoms with Crippen molar-refractivity contribution in [3.05, 3.63) is 60.2 Å². The molecule has 0 atom stereocenters. The first-order chi connectivity index (χ1) is 16.9. The van der Waals surface area contributed by atoms with Crippen LogP contribution in [-0.4, -0.2) is 31.2 Å². The molecule has 8 heteroatoms. The minimum absolute atomic E-state index is 0.321. The average Bonchev–Trinajstić information content (AvgIpc) is 3.20. The van der Waals surface area contributed by atoms with Gasteiger partial charge in [-0.05, 0) is 73.4 Å². The molecule has 182 valence electrons. The Balaban J connectivity index is 1.57. The van der Waals surface area contributed by atoms with Gasteiger partial charge in [0.15, 0.2) is 0 Å². The van der Waals surface area contributed by atoms with Crippen molar-refractivity contribution in [2.24, 2.45) is 5.92 Å². The largest absolute Gasteiger partial charge is 0.455 e. The number of halogens is 1. The van der Waals surface area contributed by atoms with Gasteiger partial charge in [-0.25, -0.2) is 17.8 Å². The van der Waals surface area contributed by atoms with Crippen LogP contribution in [0.25, 0.3) is 33.7 Å². The Morgan fingerprint density at radius 1 is 1.11 bits per heavy atom. The van der Waals surface area contributed by atoms with Crippen LogP contribution in [0.1, 0.15) is 50.0 Å². The summed E-state index contributed by atoms with van der Waals surface area (Å²) >= 11 is 0. The van der Waals surface area contributed by atoms with Crippen LogP contribution in [0.2, 0.25) is 0 Å². The van der Waals surface area contributed by atoms with Crippen molar-refractivity contribution < 1.29 is 17.2 Å². The van der Waals surface area contributed by atoms with Gasteiger partial charge < -0.3 is 9.40 Å². The molecule has 0 amide bonds. The number of aromatic nitrogens is 2. The predicted molar refractivity (Wildman–Crippen MR) is 135 cm³/mol. The fourth-order valence-electron chi connectivity index (χ4n) is 5.37. The predicted octanol–water partition coefficient (Wildman–Crippen LogP) is 6.46. The Bertz CT molecular complexity index is 1470. The van der Waals surface area contributed by atoms with E-state index in [1.165, 1.54) is 18.4 Å². The van der Waals surface area contributed by atoms with Gasteiger partial charge >= 0.3 is 0 Å². The average molecular weight is 494 g/mol. The smallest absolute Gasteiger partial charge is 0.232 e. The van der Waals surface area contributed by atoms with E-state index >= 15 is 0 Å². The summed E-state index contributed by atoms with van der Waals surface area (Å²) in [5.41, 5.74) is 3.89. The second-order valence-corrected chi connectivity index (χ2v) is 11.8. The number of fused-ring (bicyclic) bond motifs is 1. The van der Waals surface area contributed by atoms with Gasteiger partial charge in [-0.3, -0.25) is 4.31 Å². The molecule has 2 heterocycles. The summed E-state index contributed by atoms with van der Waals surface area (Å²) < 4.78 is 47.6. The van der Waals surface area contributed by atoms with E-state index in [0.717, 1.165) is 66.3 Å². The van der Waals surface area contributed by atoms with Crippen molar-refractivity contribution in [3.8, 4) is 22.7 Å². The molecule has 4 aromatic rings. The van der Waals surface area contributed by atoms with Gasteiger partial charge in [0.2, 0.25) is 10.0 Å². The number of H-pyrrole nitrogens is 1. The standard InChI is InChI=1S/C27H28FN3O3S/c1-35(32,33)31(16-17-4-2-3-5-17)23-15-24-22(14-21(23)18-6-7-18)25(27-29-12-13-30-27)26(34-24)19-8-10-20(28)11-9-19/h8-15,17-18H,2-7,16H2,1H3,(H,29,30). The number of benzene rings is 2. The molecule has 6 nitrogen and oxygen atoms in total. The SMILES string of the molecule is CS(=O)(=O)N(CC1CCCC1)c1cc2oc(-c3ccc(F)cc3)c(-c3ncc[nH]3)c2cc1C1CC1. The molecule has 2 aliphatic rings. The fourth-order valence-corrected chi connectivity index (χ4v) is 6.36. The topological polar surface area (TPSA) is 79.2 Å². The van der Waals surface area contributed by atoms with Crippen LogP contribution in [0.15, 0.2) is 53.2 Å². The van der Waals surface area contributed by atoms with Crippen LogP contribution >= 0.6 is 0 Å². The van der Waals surface area contributed by atoms with Crippen LogP contribution in [0.3, 0.4) is 0 Å². The summed E-state index contributed by atoms with van der Waals surface area (Å²) in [5.74, 6) is 1.62. The van der Waals surface area contributed by atoms with Gasteiger partial charge in [0.25, 0.3) is 0 Å². The highest BCUT2D eigenvalue weighted by Crippen LogP contribution is 2.49. The summed E-state index contributed by atoms with van der Waals surface area (Å²) in [5, 5.41) is 0.874. The zero-order valence-corrected chi connectivity index (χ0v) is 20.4. The van der Waals surface area contributed by atoms with Crippen LogP contribution in [-0.2, 0) is 10.0 Å². The lowest BCUT2D eigenvalue weighted by molar-refractivity contribution is 0.544. The van der Waals surface area contributed by atoms with E-state index in [1.54, 1.807) is 28.8 Å². The Hall–Kier alpha value is -3.13. The summed E-state index contributed by atoms with van der Waals surface area (Å²) in [7, 11) is -3.47. The molecule has 2 saturated carbocycles. The lowest BCUT2D eigenvalue weighted by Crippen LogP contribution is -2.34. The number of sulfonamides is 1. The molecule has 0 spiro atoms. The Morgan fingerprint density at radius 2 is 1.86 bits per heavy atom. The number of aromatic amines is 1. The molecule has 6 rings (SSSR count). The van der Waals surface area contributed by atoms with Crippen LogP contribution in [0.5, 0.6) is 0 Å². The van der Waals surface area contributed by atoms with E-state index in [4.69, 9.17) is 4.42 Å². The summed E-state index contributed by atoms with van der Waals surface area (Å²) in [6.45, 7) is 0.501. The number of nitrogens with one attached hydrogen (secondary N) is 1. The van der Waals surface area contributed by atoms with Gasteiger partial charge in [0.05, 0.1) is 17.5 Å². The van der Waals surface area contributed by atoms with E-state index in [0.29, 0.717) is 35.5 Å². The highest BCUT2D eigenvalue weighted by Gasteiger charge is 2.34. The maximum Gasteiger partial charge on any atom is 0.232 e. The third-order valence-electron chi connectivity index (χ3n) is 7.26. The maximum atomic E-state index is 13.6. The van der Waals surface area contributed by atoms with Gasteiger partial charge in [-0.15, -0.1) is 0 Å². The van der Waals surface area contributed by atoms with Crippen LogP contribution < -0.4 is 4.31 Å². The minimum atomic E-state index is -3.47. The number of hydrogen-bond donors (Lipinski definition) is 1. The third kappa shape index (κ3) is 4.24. The van der Waals surface area contributed by atoms with E-state index in [-0.39, 0.29) is 5.82 Å². The van der Waals surface area contributed by atoms with E-state index < -0.39 is 10.0 Å². The van der Waals surface area contributed by atoms with E-state index in [1.807, 2.05) is 6.07 Å². The van der Waals surface area contributed by atoms with Crippen molar-refractivity contribution in [2.75, 3.05) is 17.1 Å². The molecule has 2 aromatic carbocycles. The molecular weight excluding hydrogens is 465 g/mol. The monoisotopic (exact) mass is 493 g/mol. The van der Waals surface area contributed by atoms with Crippen LogP contribution in [0, 0.1) is 11.7 Å². The Kier molecular flexibility index (Phi) is 5.44. The molecule has 35 heavy (non-hydrogen) atoms. The van der Waals surface area contributed by atoms with Gasteiger partial charge in [0.1, 0.15) is 23.0 Å². The highest BCUT2D eigenvalue weighted by molar-refractivity contribution is 7.92. The zero-order valence-electron chi connectivity index (χ0n) is 19.6. The van der Waals surface area contributed by atoms with Crippen molar-refractivity contribution >= 4 is 26.7 Å². The molecular formula is C27H28FN3O3S. The first kappa shape index (κ1) is 22.3. The van der Waals surface area contributed by atoms with E-state index in [9.17, 15) is 12.8 Å². The van der Waals surface area contributed by atoms with Crippen molar-refractivity contribution in [2.45, 2.75) is 44.4 Å². The molecule has 0 bridgehead atoms. The number of hydrogen-bond acceptors (Lipinski definition) is 4. The molecule has 2 aromatic heterocycles. The minimum Gasteiger partial charge on any atom is -0.455 e. The van der Waals surface area contributed by atoms with Crippen molar-refractivity contribution in [1.82, 2.24) is 9.97 Å². The summed E-state index contributed by atoms with van der Waals surface area (Å²) in [6.07, 6.45) is 11.2. The number of nitrogens with zero attached hydrogens (tertiary/aromatic N) is 2. The Morgan fingerprint density at radius 3 is 2.49 bits per heavy atom. The normalized spacial score (nSPS) is 16.9. The van der Waals surface area contributed by atoms with Gasteiger partial charge in [-0.2, -0.15) is 0 Å². The zero-order chi connectivity index (χ0) is 24.2. The lowest BCUT2D eigenvalue weighted by atomic mass is 10.00. The Labute approximate surface area is 204 Å². The van der Waals surface area contributed by atoms with E-state index in [2.05, 4.69) is 16.0 Å². The van der Waals surface area contributed by atoms with Crippen molar-refractivity contribution in [3.63, 3.8) is 0 Å². The van der Waals surface area contributed by atoms with Crippen LogP contribution in [0.4, 0.5) is 10.1 Å². The number of imidazole rings is 1. The number of rotatable bonds is 7. The highest BCUT2D eigenvalue weighted by atomic mass is 32.2. The number of anilines is 1. The molecule has 0 saturated heterocycles. The molecule has 0 radical (unpaired) electrons. The summed E-state index contributed by atoms with van der Waals surface area (Å²) in [4.78, 5) is 7.65. The molecule has 0 unspecified atom stereocenters. The third-order valence-corrected chi connectivity index (χ3v) is 8.41. The van der Waals surface area contributed by atoms with Gasteiger partial charge in [0, 0.05) is 36.0 Å². The quantitative estimate of drug-likeness (QED) is 0.320. The fraction of sp³-hybridized carbons (Fsp3) is 0.370. The molecule has 0 aliphatic heterocycles. The number of furan rings is 1.